The molecule has 1 rings (SSSR count). The molecule has 0 aliphatic rings. The zero-order valence-electron chi connectivity index (χ0n) is 7.42. The lowest BCUT2D eigenvalue weighted by Gasteiger charge is -2.09. The van der Waals surface area contributed by atoms with Crippen molar-refractivity contribution in [2.24, 2.45) is 0 Å². The van der Waals surface area contributed by atoms with Crippen molar-refractivity contribution in [2.75, 3.05) is 0 Å². The molecule has 0 aliphatic carbocycles. The Morgan fingerprint density at radius 3 is 2.29 bits per heavy atom. The average Bonchev–Trinajstić information content (AvgIpc) is 2.18. The fourth-order valence-corrected chi connectivity index (χ4v) is 1.39. The molecule has 0 bridgehead atoms. The second kappa shape index (κ2) is 4.24. The minimum absolute atomic E-state index is 0.292. The van der Waals surface area contributed by atoms with Gasteiger partial charge in [0.2, 0.25) is 9.02 Å². The number of Topliss-reactive ketones (excluding diaryl/α,β-unsaturated/α-hetero) is 1. The summed E-state index contributed by atoms with van der Waals surface area (Å²) in [6.07, 6.45) is 0. The summed E-state index contributed by atoms with van der Waals surface area (Å²) in [7, 11) is 0. The number of nitriles is 1. The van der Waals surface area contributed by atoms with Gasteiger partial charge in [0.25, 0.3) is 0 Å². The van der Waals surface area contributed by atoms with Crippen molar-refractivity contribution in [3.63, 3.8) is 0 Å². The quantitative estimate of drug-likeness (QED) is 0.621. The van der Waals surface area contributed by atoms with E-state index >= 15 is 0 Å². The van der Waals surface area contributed by atoms with E-state index in [4.69, 9.17) is 5.26 Å². The fourth-order valence-electron chi connectivity index (χ4n) is 0.937. The summed E-state index contributed by atoms with van der Waals surface area (Å²) in [6, 6.07) is 8.91. The highest BCUT2D eigenvalue weighted by atomic mass is 79.9. The summed E-state index contributed by atoms with van der Waals surface area (Å²) in [6.45, 7) is 1.94. The maximum Gasteiger partial charge on any atom is 0.228 e. The normalized spacial score (nSPS) is 10.7. The predicted octanol–water partition coefficient (Wildman–Crippen LogP) is 3.19. The molecule has 4 heteroatoms. The van der Waals surface area contributed by atoms with Gasteiger partial charge in [-0.2, -0.15) is 5.26 Å². The summed E-state index contributed by atoms with van der Waals surface area (Å²) in [5.74, 6) is -0.292. The largest absolute Gasteiger partial charge is 0.290 e. The van der Waals surface area contributed by atoms with Gasteiger partial charge in [-0.25, -0.2) is 0 Å². The van der Waals surface area contributed by atoms with Crippen molar-refractivity contribution in [3.8, 4) is 6.07 Å². The van der Waals surface area contributed by atoms with E-state index in [0.717, 1.165) is 5.56 Å². The summed E-state index contributed by atoms with van der Waals surface area (Å²) in [5.41, 5.74) is 1.58. The lowest BCUT2D eigenvalue weighted by molar-refractivity contribution is 0.0997. The van der Waals surface area contributed by atoms with Crippen molar-refractivity contribution in [1.29, 1.82) is 5.26 Å². The van der Waals surface area contributed by atoms with Crippen LogP contribution in [0.3, 0.4) is 0 Å². The summed E-state index contributed by atoms with van der Waals surface area (Å²) in [5, 5.41) is 8.72. The van der Waals surface area contributed by atoms with E-state index in [-0.39, 0.29) is 5.78 Å². The van der Waals surface area contributed by atoms with Crippen molar-refractivity contribution in [1.82, 2.24) is 0 Å². The molecule has 0 aliphatic heterocycles. The van der Waals surface area contributed by atoms with Crippen LogP contribution in [-0.2, 0) is 0 Å². The number of rotatable bonds is 2. The summed E-state index contributed by atoms with van der Waals surface area (Å²) < 4.78 is -1.31. The molecule has 2 nitrogen and oxygen atoms in total. The van der Waals surface area contributed by atoms with Crippen LogP contribution in [0.25, 0.3) is 0 Å². The Morgan fingerprint density at radius 1 is 1.36 bits per heavy atom. The Hall–Kier alpha value is -0.660. The fraction of sp³-hybridized carbons (Fsp3) is 0.200. The van der Waals surface area contributed by atoms with Gasteiger partial charge in [0.1, 0.15) is 6.07 Å². The molecule has 0 atom stereocenters. The van der Waals surface area contributed by atoms with Gasteiger partial charge in [0.15, 0.2) is 0 Å². The molecule has 0 aromatic heterocycles. The molecule has 0 fully saturated rings. The third-order valence-corrected chi connectivity index (χ3v) is 2.81. The van der Waals surface area contributed by atoms with Gasteiger partial charge in [-0.1, -0.05) is 29.8 Å². The molecule has 14 heavy (non-hydrogen) atoms. The van der Waals surface area contributed by atoms with Gasteiger partial charge in [-0.15, -0.1) is 0 Å². The number of hydrogen-bond donors (Lipinski definition) is 0. The lowest BCUT2D eigenvalue weighted by Crippen LogP contribution is -2.22. The van der Waals surface area contributed by atoms with Crippen LogP contribution in [0.5, 0.6) is 0 Å². The molecular formula is C10H7Br2NO. The van der Waals surface area contributed by atoms with Gasteiger partial charge in [-0.3, -0.25) is 4.79 Å². The molecule has 1 aromatic rings. The van der Waals surface area contributed by atoms with E-state index in [2.05, 4.69) is 31.9 Å². The molecule has 72 valence electrons. The zero-order valence-corrected chi connectivity index (χ0v) is 10.6. The van der Waals surface area contributed by atoms with E-state index in [1.165, 1.54) is 0 Å². The van der Waals surface area contributed by atoms with Crippen molar-refractivity contribution < 1.29 is 4.79 Å². The molecule has 0 radical (unpaired) electrons. The van der Waals surface area contributed by atoms with Gasteiger partial charge >= 0.3 is 0 Å². The minimum atomic E-state index is -1.31. The Balaban J connectivity index is 3.03. The molecule has 0 heterocycles. The van der Waals surface area contributed by atoms with E-state index < -0.39 is 3.23 Å². The van der Waals surface area contributed by atoms with Crippen molar-refractivity contribution in [2.45, 2.75) is 10.2 Å². The third-order valence-electron chi connectivity index (χ3n) is 1.74. The van der Waals surface area contributed by atoms with Gasteiger partial charge in [0, 0.05) is 5.56 Å². The number of halogens is 2. The first-order chi connectivity index (χ1) is 6.47. The van der Waals surface area contributed by atoms with Gasteiger partial charge in [-0.05, 0) is 38.8 Å². The van der Waals surface area contributed by atoms with Crippen LogP contribution in [0.2, 0.25) is 0 Å². The molecule has 0 saturated carbocycles. The average molecular weight is 317 g/mol. The number of ketones is 1. The molecule has 0 unspecified atom stereocenters. The van der Waals surface area contributed by atoms with Crippen molar-refractivity contribution in [3.05, 3.63) is 35.4 Å². The Kier molecular flexibility index (Phi) is 3.46. The molecular weight excluding hydrogens is 310 g/mol. The van der Waals surface area contributed by atoms with Crippen LogP contribution in [0, 0.1) is 18.3 Å². The highest BCUT2D eigenvalue weighted by Crippen LogP contribution is 2.29. The summed E-state index contributed by atoms with van der Waals surface area (Å²) >= 11 is 6.02. The molecule has 0 N–H and O–H groups in total. The molecule has 0 spiro atoms. The zero-order chi connectivity index (χ0) is 10.8. The minimum Gasteiger partial charge on any atom is -0.290 e. The SMILES string of the molecule is Cc1ccc(C(=O)C(Br)(Br)C#N)cc1. The Bertz CT molecular complexity index is 390. The first-order valence-electron chi connectivity index (χ1n) is 3.88. The highest BCUT2D eigenvalue weighted by Gasteiger charge is 2.32. The Labute approximate surface area is 99.2 Å². The first kappa shape index (κ1) is 11.4. The first-order valence-corrected chi connectivity index (χ1v) is 5.46. The van der Waals surface area contributed by atoms with Crippen LogP contribution in [-0.4, -0.2) is 9.02 Å². The van der Waals surface area contributed by atoms with Gasteiger partial charge < -0.3 is 0 Å². The van der Waals surface area contributed by atoms with E-state index in [1.54, 1.807) is 12.1 Å². The van der Waals surface area contributed by atoms with Crippen LogP contribution in [0.4, 0.5) is 0 Å². The number of carbonyl (C=O) groups excluding carboxylic acids is 1. The smallest absolute Gasteiger partial charge is 0.228 e. The third kappa shape index (κ3) is 2.43. The lowest BCUT2D eigenvalue weighted by atomic mass is 10.1. The number of carbonyl (C=O) groups is 1. The highest BCUT2D eigenvalue weighted by molar-refractivity contribution is 9.26. The monoisotopic (exact) mass is 315 g/mol. The van der Waals surface area contributed by atoms with E-state index in [1.807, 2.05) is 25.1 Å². The number of benzene rings is 1. The van der Waals surface area contributed by atoms with E-state index in [0.29, 0.717) is 5.56 Å². The maximum absolute atomic E-state index is 11.7. The second-order valence-corrected chi connectivity index (χ2v) is 6.32. The van der Waals surface area contributed by atoms with Gasteiger partial charge in [0.05, 0.1) is 0 Å². The second-order valence-electron chi connectivity index (χ2n) is 2.88. The van der Waals surface area contributed by atoms with Crippen LogP contribution in [0.15, 0.2) is 24.3 Å². The van der Waals surface area contributed by atoms with Crippen molar-refractivity contribution >= 4 is 37.6 Å². The molecule has 0 amide bonds. The number of nitrogens with zero attached hydrogens (tertiary/aromatic N) is 1. The number of aryl methyl sites for hydroxylation is 1. The topological polar surface area (TPSA) is 40.9 Å². The standard InChI is InChI=1S/C10H7Br2NO/c1-7-2-4-8(5-3-7)9(14)10(11,12)6-13/h2-5H,1H3. The maximum atomic E-state index is 11.7. The van der Waals surface area contributed by atoms with E-state index in [9.17, 15) is 4.79 Å². The van der Waals surface area contributed by atoms with Crippen LogP contribution < -0.4 is 0 Å². The summed E-state index contributed by atoms with van der Waals surface area (Å²) in [4.78, 5) is 11.7. The van der Waals surface area contributed by atoms with Crippen LogP contribution in [0.1, 0.15) is 15.9 Å². The number of alkyl halides is 2. The van der Waals surface area contributed by atoms with Crippen LogP contribution >= 0.6 is 31.9 Å². The predicted molar refractivity (Wildman–Crippen MR) is 61.7 cm³/mol. The molecule has 0 saturated heterocycles. The Morgan fingerprint density at radius 2 is 1.86 bits per heavy atom. The number of hydrogen-bond acceptors (Lipinski definition) is 2. The molecule has 1 aromatic carbocycles.